The number of thiophene rings is 1. The molecule has 1 atom stereocenters. The second-order valence-electron chi connectivity index (χ2n) is 8.25. The number of nitrogens with one attached hydrogen (secondary N) is 1. The molecule has 0 bridgehead atoms. The Labute approximate surface area is 174 Å². The van der Waals surface area contributed by atoms with E-state index in [4.69, 9.17) is 0 Å². The first-order chi connectivity index (χ1) is 13.7. The predicted octanol–water partition coefficient (Wildman–Crippen LogP) is 5.25. The minimum atomic E-state index is -0.466. The molecule has 0 radical (unpaired) electrons. The van der Waals surface area contributed by atoms with Gasteiger partial charge in [0.2, 0.25) is 5.91 Å². The Morgan fingerprint density at radius 1 is 1.38 bits per heavy atom. The fourth-order valence-electron chi connectivity index (χ4n) is 3.84. The number of carbonyl (C=O) groups is 1. The van der Waals surface area contributed by atoms with E-state index in [0.29, 0.717) is 22.0 Å². The highest BCUT2D eigenvalue weighted by Crippen LogP contribution is 2.45. The molecule has 2 aromatic rings. The third-order valence-corrected chi connectivity index (χ3v) is 7.33. The summed E-state index contributed by atoms with van der Waals surface area (Å²) in [7, 11) is 0. The third kappa shape index (κ3) is 4.48. The molecule has 0 spiro atoms. The fourth-order valence-corrected chi connectivity index (χ4v) is 5.13. The minimum absolute atomic E-state index is 0.00332. The van der Waals surface area contributed by atoms with Crippen LogP contribution in [-0.4, -0.2) is 10.8 Å². The highest BCUT2D eigenvalue weighted by Gasteiger charge is 2.34. The molecule has 0 saturated carbocycles. The van der Waals surface area contributed by atoms with E-state index in [1.807, 2.05) is 0 Å². The number of carbonyl (C=O) groups excluding carboxylic acids is 1. The first-order valence-electron chi connectivity index (χ1n) is 9.83. The summed E-state index contributed by atoms with van der Waals surface area (Å²) in [5, 5.41) is 23.9. The number of hydrogen-bond acceptors (Lipinski definition) is 5. The summed E-state index contributed by atoms with van der Waals surface area (Å²) in [6, 6.07) is 8.23. The Morgan fingerprint density at radius 3 is 2.66 bits per heavy atom. The Hall–Kier alpha value is -2.72. The van der Waals surface area contributed by atoms with Gasteiger partial charge < -0.3 is 5.32 Å². The number of nitriles is 1. The zero-order valence-corrected chi connectivity index (χ0v) is 17.8. The largest absolute Gasteiger partial charge is 0.316 e. The van der Waals surface area contributed by atoms with Crippen molar-refractivity contribution in [1.29, 1.82) is 5.26 Å². The van der Waals surface area contributed by atoms with Crippen molar-refractivity contribution >= 4 is 27.9 Å². The summed E-state index contributed by atoms with van der Waals surface area (Å²) in [5.41, 5.74) is 2.63. The van der Waals surface area contributed by atoms with Crippen LogP contribution >= 0.6 is 11.3 Å². The van der Waals surface area contributed by atoms with E-state index in [9.17, 15) is 20.2 Å². The maximum absolute atomic E-state index is 12.5. The molecule has 1 aliphatic carbocycles. The molecule has 1 heterocycles. The van der Waals surface area contributed by atoms with Gasteiger partial charge in [0.05, 0.1) is 16.9 Å². The third-order valence-electron chi connectivity index (χ3n) is 6.16. The Balaban J connectivity index is 1.74. The van der Waals surface area contributed by atoms with Gasteiger partial charge in [-0.05, 0) is 41.7 Å². The average molecular weight is 412 g/mol. The van der Waals surface area contributed by atoms with E-state index < -0.39 is 4.92 Å². The number of non-ortho nitro benzene ring substituents is 1. The van der Waals surface area contributed by atoms with Gasteiger partial charge in [-0.1, -0.05) is 39.3 Å². The SMILES string of the molecule is CCC(C)(C)[C@H]1CCc2c(sc(NC(=O)Cc3ccc([N+](=O)[O-])cc3)c2C#N)C1. The smallest absolute Gasteiger partial charge is 0.269 e. The normalized spacial score (nSPS) is 16.0. The lowest BCUT2D eigenvalue weighted by atomic mass is 9.69. The van der Waals surface area contributed by atoms with Crippen LogP contribution in [0.1, 0.15) is 55.2 Å². The van der Waals surface area contributed by atoms with Crippen molar-refractivity contribution in [2.45, 2.75) is 52.9 Å². The van der Waals surface area contributed by atoms with Gasteiger partial charge in [-0.25, -0.2) is 0 Å². The lowest BCUT2D eigenvalue weighted by Gasteiger charge is -2.36. The van der Waals surface area contributed by atoms with Gasteiger partial charge >= 0.3 is 0 Å². The van der Waals surface area contributed by atoms with Crippen molar-refractivity contribution < 1.29 is 9.72 Å². The first kappa shape index (κ1) is 21.0. The van der Waals surface area contributed by atoms with Crippen LogP contribution in [0.2, 0.25) is 0 Å². The van der Waals surface area contributed by atoms with E-state index in [1.165, 1.54) is 28.3 Å². The zero-order chi connectivity index (χ0) is 21.2. The standard InChI is InChI=1S/C22H25N3O3S/c1-4-22(2,3)15-7-10-17-18(13-23)21(29-19(17)12-15)24-20(26)11-14-5-8-16(9-6-14)25(27)28/h5-6,8-9,15H,4,7,10-12H2,1-3H3,(H,24,26)/t15-/m0/s1. The second kappa shape index (κ2) is 8.34. The molecule has 6 nitrogen and oxygen atoms in total. The lowest BCUT2D eigenvalue weighted by Crippen LogP contribution is -2.28. The second-order valence-corrected chi connectivity index (χ2v) is 9.36. The van der Waals surface area contributed by atoms with Crippen LogP contribution in [0.25, 0.3) is 0 Å². The Kier molecular flexibility index (Phi) is 6.04. The molecule has 0 aliphatic heterocycles. The molecule has 152 valence electrons. The van der Waals surface area contributed by atoms with E-state index >= 15 is 0 Å². The molecule has 3 rings (SSSR count). The van der Waals surface area contributed by atoms with Crippen molar-refractivity contribution in [3.63, 3.8) is 0 Å². The van der Waals surface area contributed by atoms with Gasteiger partial charge in [0.15, 0.2) is 0 Å². The lowest BCUT2D eigenvalue weighted by molar-refractivity contribution is -0.384. The maximum Gasteiger partial charge on any atom is 0.269 e. The fraction of sp³-hybridized carbons (Fsp3) is 0.455. The summed E-state index contributed by atoms with van der Waals surface area (Å²) < 4.78 is 0. The van der Waals surface area contributed by atoms with Crippen LogP contribution in [0.15, 0.2) is 24.3 Å². The summed E-state index contributed by atoms with van der Waals surface area (Å²) in [5.74, 6) is 0.355. The summed E-state index contributed by atoms with van der Waals surface area (Å²) in [4.78, 5) is 24.0. The van der Waals surface area contributed by atoms with Gasteiger partial charge in [-0.2, -0.15) is 5.26 Å². The van der Waals surface area contributed by atoms with Gasteiger partial charge in [-0.3, -0.25) is 14.9 Å². The van der Waals surface area contributed by atoms with Crippen LogP contribution in [0, 0.1) is 32.8 Å². The number of nitrogens with zero attached hydrogens (tertiary/aromatic N) is 2. The molecule has 1 aromatic heterocycles. The molecule has 7 heteroatoms. The zero-order valence-electron chi connectivity index (χ0n) is 16.9. The quantitative estimate of drug-likeness (QED) is 0.518. The summed E-state index contributed by atoms with van der Waals surface area (Å²) in [6.45, 7) is 6.82. The number of nitro groups is 1. The van der Waals surface area contributed by atoms with Crippen molar-refractivity contribution in [3.05, 3.63) is 55.9 Å². The maximum atomic E-state index is 12.5. The number of benzene rings is 1. The van der Waals surface area contributed by atoms with Gasteiger partial charge in [0.25, 0.3) is 5.69 Å². The van der Waals surface area contributed by atoms with Crippen molar-refractivity contribution in [3.8, 4) is 6.07 Å². The molecule has 1 N–H and O–H groups in total. The highest BCUT2D eigenvalue weighted by molar-refractivity contribution is 7.16. The minimum Gasteiger partial charge on any atom is -0.316 e. The molecule has 0 unspecified atom stereocenters. The topological polar surface area (TPSA) is 96.0 Å². The number of amides is 1. The molecule has 0 fully saturated rings. The molecule has 1 aromatic carbocycles. The van der Waals surface area contributed by atoms with E-state index in [-0.39, 0.29) is 23.4 Å². The molecular formula is C22H25N3O3S. The van der Waals surface area contributed by atoms with E-state index in [1.54, 1.807) is 12.1 Å². The van der Waals surface area contributed by atoms with E-state index in [2.05, 4.69) is 32.2 Å². The van der Waals surface area contributed by atoms with Crippen molar-refractivity contribution in [2.75, 3.05) is 5.32 Å². The number of nitro benzene ring substituents is 1. The Morgan fingerprint density at radius 2 is 2.07 bits per heavy atom. The van der Waals surface area contributed by atoms with Gasteiger partial charge in [0.1, 0.15) is 11.1 Å². The Bertz CT molecular complexity index is 970. The number of anilines is 1. The molecule has 1 aliphatic rings. The van der Waals surface area contributed by atoms with Crippen LogP contribution < -0.4 is 5.32 Å². The molecular weight excluding hydrogens is 386 g/mol. The van der Waals surface area contributed by atoms with E-state index in [0.717, 1.165) is 31.2 Å². The summed E-state index contributed by atoms with van der Waals surface area (Å²) in [6.07, 6.45) is 4.11. The molecule has 29 heavy (non-hydrogen) atoms. The van der Waals surface area contributed by atoms with Crippen LogP contribution in [0.3, 0.4) is 0 Å². The number of hydrogen-bond donors (Lipinski definition) is 1. The monoisotopic (exact) mass is 411 g/mol. The highest BCUT2D eigenvalue weighted by atomic mass is 32.1. The van der Waals surface area contributed by atoms with Crippen LogP contribution in [0.4, 0.5) is 10.7 Å². The van der Waals surface area contributed by atoms with Crippen LogP contribution in [0.5, 0.6) is 0 Å². The van der Waals surface area contributed by atoms with Gasteiger partial charge in [0, 0.05) is 17.0 Å². The number of fused-ring (bicyclic) bond motifs is 1. The predicted molar refractivity (Wildman–Crippen MR) is 114 cm³/mol. The van der Waals surface area contributed by atoms with Crippen molar-refractivity contribution in [2.24, 2.45) is 11.3 Å². The molecule has 0 saturated heterocycles. The first-order valence-corrected chi connectivity index (χ1v) is 10.6. The van der Waals surface area contributed by atoms with Crippen molar-refractivity contribution in [1.82, 2.24) is 0 Å². The number of rotatable bonds is 6. The summed E-state index contributed by atoms with van der Waals surface area (Å²) >= 11 is 1.52. The van der Waals surface area contributed by atoms with Crippen LogP contribution in [-0.2, 0) is 24.1 Å². The average Bonchev–Trinajstić information content (AvgIpc) is 3.04. The molecule has 1 amide bonds. The van der Waals surface area contributed by atoms with Gasteiger partial charge in [-0.15, -0.1) is 11.3 Å².